The highest BCUT2D eigenvalue weighted by Gasteiger charge is 2.13. The number of thioether (sulfide) groups is 1. The summed E-state index contributed by atoms with van der Waals surface area (Å²) in [5.41, 5.74) is 2.13. The summed E-state index contributed by atoms with van der Waals surface area (Å²) in [5, 5.41) is 4.01. The minimum atomic E-state index is -0.374. The molecule has 3 aromatic heterocycles. The Hall–Kier alpha value is -2.64. The quantitative estimate of drug-likeness (QED) is 0.201. The third kappa shape index (κ3) is 3.43. The molecule has 3 heterocycles. The number of aryl methyl sites for hydroxylation is 1. The summed E-state index contributed by atoms with van der Waals surface area (Å²) in [6, 6.07) is 9.25. The van der Waals surface area contributed by atoms with E-state index < -0.39 is 0 Å². The number of aromatic nitrogens is 2. The van der Waals surface area contributed by atoms with Gasteiger partial charge in [0.05, 0.1) is 5.39 Å². The molecule has 0 amide bonds. The molecule has 0 spiro atoms. The average molecular weight is 411 g/mol. The summed E-state index contributed by atoms with van der Waals surface area (Å²) < 4.78 is 7.00. The fraction of sp³-hybridized carbons (Fsp3) is 0.190. The highest BCUT2D eigenvalue weighted by atomic mass is 32.2. The minimum Gasteiger partial charge on any atom is -0.423 e. The molecule has 5 nitrogen and oxygen atoms in total. The fourth-order valence-corrected chi connectivity index (χ4v) is 4.89. The second-order valence-corrected chi connectivity index (χ2v) is 8.14. The summed E-state index contributed by atoms with van der Waals surface area (Å²) in [6.07, 6.45) is 2.56. The van der Waals surface area contributed by atoms with Crippen LogP contribution in [0.2, 0.25) is 0 Å². The van der Waals surface area contributed by atoms with Crippen molar-refractivity contribution in [3.8, 4) is 0 Å². The Morgan fingerprint density at radius 2 is 2.11 bits per heavy atom. The summed E-state index contributed by atoms with van der Waals surface area (Å²) in [5.74, 6) is 0.508. The molecule has 0 unspecified atom stereocenters. The van der Waals surface area contributed by atoms with Gasteiger partial charge in [-0.3, -0.25) is 9.36 Å². The van der Waals surface area contributed by atoms with Crippen LogP contribution in [-0.4, -0.2) is 9.55 Å². The second kappa shape index (κ2) is 7.77. The smallest absolute Gasteiger partial charge is 0.336 e. The summed E-state index contributed by atoms with van der Waals surface area (Å²) in [7, 11) is 0. The molecule has 0 radical (unpaired) electrons. The van der Waals surface area contributed by atoms with E-state index >= 15 is 0 Å². The number of nitrogens with zero attached hydrogens (tertiary/aromatic N) is 2. The largest absolute Gasteiger partial charge is 0.423 e. The first-order valence-corrected chi connectivity index (χ1v) is 10.7. The van der Waals surface area contributed by atoms with Crippen molar-refractivity contribution in [1.82, 2.24) is 9.55 Å². The number of rotatable bonds is 6. The van der Waals surface area contributed by atoms with Gasteiger partial charge < -0.3 is 4.42 Å². The zero-order valence-corrected chi connectivity index (χ0v) is 16.9. The van der Waals surface area contributed by atoms with Crippen LogP contribution in [0.1, 0.15) is 18.1 Å². The van der Waals surface area contributed by atoms with E-state index in [2.05, 4.69) is 18.5 Å². The normalized spacial score (nSPS) is 11.3. The molecular weight excluding hydrogens is 392 g/mol. The highest BCUT2D eigenvalue weighted by Crippen LogP contribution is 2.27. The van der Waals surface area contributed by atoms with Gasteiger partial charge in [0.1, 0.15) is 10.4 Å². The molecule has 0 saturated carbocycles. The van der Waals surface area contributed by atoms with E-state index in [9.17, 15) is 9.59 Å². The summed E-state index contributed by atoms with van der Waals surface area (Å²) >= 11 is 2.88. The van der Waals surface area contributed by atoms with Crippen LogP contribution < -0.4 is 11.2 Å². The van der Waals surface area contributed by atoms with Crippen LogP contribution in [0.15, 0.2) is 67.5 Å². The van der Waals surface area contributed by atoms with Gasteiger partial charge >= 0.3 is 5.63 Å². The predicted octanol–water partition coefficient (Wildman–Crippen LogP) is 4.61. The van der Waals surface area contributed by atoms with Crippen LogP contribution in [0.4, 0.5) is 0 Å². The number of thiophene rings is 1. The lowest BCUT2D eigenvalue weighted by Crippen LogP contribution is -2.22. The zero-order chi connectivity index (χ0) is 19.7. The van der Waals surface area contributed by atoms with Crippen molar-refractivity contribution < 1.29 is 4.42 Å². The maximum atomic E-state index is 12.8. The maximum absolute atomic E-state index is 12.8. The van der Waals surface area contributed by atoms with Crippen molar-refractivity contribution in [2.75, 3.05) is 0 Å². The first-order chi connectivity index (χ1) is 13.6. The van der Waals surface area contributed by atoms with E-state index in [1.54, 1.807) is 16.7 Å². The third-order valence-corrected chi connectivity index (χ3v) is 6.35. The summed E-state index contributed by atoms with van der Waals surface area (Å²) in [6.45, 7) is 6.19. The standard InChI is InChI=1S/C21H18N2O3S2/c1-3-8-23-20(25)16-7-9-27-19(16)22-21(23)28-12-14-11-18(24)26-17-10-13(4-2)5-6-15(14)17/h3,5-7,9-11H,1,4,8,12H2,2H3. The van der Waals surface area contributed by atoms with Gasteiger partial charge in [0.2, 0.25) is 0 Å². The molecule has 4 aromatic rings. The second-order valence-electron chi connectivity index (χ2n) is 6.30. The maximum Gasteiger partial charge on any atom is 0.336 e. The van der Waals surface area contributed by atoms with Gasteiger partial charge in [0.25, 0.3) is 5.56 Å². The topological polar surface area (TPSA) is 65.1 Å². The van der Waals surface area contributed by atoms with Crippen LogP contribution in [-0.2, 0) is 18.7 Å². The van der Waals surface area contributed by atoms with Crippen molar-refractivity contribution >= 4 is 44.3 Å². The van der Waals surface area contributed by atoms with Crippen molar-refractivity contribution in [2.24, 2.45) is 0 Å². The SMILES string of the molecule is C=CCn1c(SCc2cc(=O)oc3cc(CC)ccc23)nc2sccc2c1=O. The number of hydrogen-bond donors (Lipinski definition) is 0. The molecule has 0 bridgehead atoms. The van der Waals surface area contributed by atoms with Gasteiger partial charge in [-0.1, -0.05) is 36.9 Å². The van der Waals surface area contributed by atoms with Gasteiger partial charge in [0.15, 0.2) is 5.16 Å². The Morgan fingerprint density at radius 3 is 2.89 bits per heavy atom. The van der Waals surface area contributed by atoms with Crippen LogP contribution in [0.3, 0.4) is 0 Å². The Balaban J connectivity index is 1.75. The molecule has 0 atom stereocenters. The number of allylic oxidation sites excluding steroid dienone is 1. The Kier molecular flexibility index (Phi) is 5.19. The lowest BCUT2D eigenvalue weighted by atomic mass is 10.1. The monoisotopic (exact) mass is 410 g/mol. The van der Waals surface area contributed by atoms with E-state index in [0.717, 1.165) is 27.8 Å². The van der Waals surface area contributed by atoms with E-state index in [1.165, 1.54) is 29.2 Å². The van der Waals surface area contributed by atoms with E-state index in [4.69, 9.17) is 4.42 Å². The lowest BCUT2D eigenvalue weighted by molar-refractivity contribution is 0.559. The predicted molar refractivity (Wildman–Crippen MR) is 116 cm³/mol. The van der Waals surface area contributed by atoms with Gasteiger partial charge in [-0.2, -0.15) is 0 Å². The first kappa shape index (κ1) is 18.7. The fourth-order valence-electron chi connectivity index (χ4n) is 3.09. The van der Waals surface area contributed by atoms with Gasteiger partial charge in [-0.15, -0.1) is 17.9 Å². The Labute approximate surface area is 169 Å². The van der Waals surface area contributed by atoms with Crippen molar-refractivity contribution in [1.29, 1.82) is 0 Å². The first-order valence-electron chi connectivity index (χ1n) is 8.88. The number of benzene rings is 1. The summed E-state index contributed by atoms with van der Waals surface area (Å²) in [4.78, 5) is 30.1. The van der Waals surface area contributed by atoms with Gasteiger partial charge in [-0.25, -0.2) is 9.78 Å². The van der Waals surface area contributed by atoms with E-state index in [-0.39, 0.29) is 11.2 Å². The van der Waals surface area contributed by atoms with Gasteiger partial charge in [-0.05, 0) is 35.1 Å². The molecule has 0 aliphatic heterocycles. The van der Waals surface area contributed by atoms with Crippen LogP contribution in [0.5, 0.6) is 0 Å². The van der Waals surface area contributed by atoms with E-state index in [1.807, 2.05) is 23.6 Å². The third-order valence-electron chi connectivity index (χ3n) is 4.52. The van der Waals surface area contributed by atoms with Crippen LogP contribution in [0, 0.1) is 0 Å². The molecule has 1 aromatic carbocycles. The van der Waals surface area contributed by atoms with Crippen molar-refractivity contribution in [2.45, 2.75) is 30.8 Å². The number of fused-ring (bicyclic) bond motifs is 2. The molecule has 4 rings (SSSR count). The molecule has 28 heavy (non-hydrogen) atoms. The zero-order valence-electron chi connectivity index (χ0n) is 15.3. The van der Waals surface area contributed by atoms with E-state index in [0.29, 0.717) is 28.4 Å². The average Bonchev–Trinajstić information content (AvgIpc) is 3.16. The molecule has 7 heteroatoms. The minimum absolute atomic E-state index is 0.0707. The molecular formula is C21H18N2O3S2. The number of hydrogen-bond acceptors (Lipinski definition) is 6. The van der Waals surface area contributed by atoms with Crippen LogP contribution >= 0.6 is 23.1 Å². The Bertz CT molecular complexity index is 1300. The lowest BCUT2D eigenvalue weighted by Gasteiger charge is -2.11. The Morgan fingerprint density at radius 1 is 1.25 bits per heavy atom. The molecule has 0 fully saturated rings. The molecule has 142 valence electrons. The molecule has 0 saturated heterocycles. The van der Waals surface area contributed by atoms with Gasteiger partial charge in [0, 0.05) is 23.8 Å². The molecule has 0 aliphatic carbocycles. The van der Waals surface area contributed by atoms with Crippen molar-refractivity contribution in [3.05, 3.63) is 80.3 Å². The highest BCUT2D eigenvalue weighted by molar-refractivity contribution is 7.98. The molecule has 0 N–H and O–H groups in total. The van der Waals surface area contributed by atoms with Crippen molar-refractivity contribution in [3.63, 3.8) is 0 Å². The molecule has 0 aliphatic rings. The van der Waals surface area contributed by atoms with Crippen LogP contribution in [0.25, 0.3) is 21.2 Å².